The third-order valence-electron chi connectivity index (χ3n) is 2.42. The second kappa shape index (κ2) is 6.27. The molecule has 9 nitrogen and oxygen atoms in total. The third-order valence-corrected chi connectivity index (χ3v) is 2.90. The molecule has 0 aromatic rings. The van der Waals surface area contributed by atoms with E-state index in [1.807, 2.05) is 0 Å². The number of ether oxygens (including phenoxy) is 2. The summed E-state index contributed by atoms with van der Waals surface area (Å²) in [5, 5.41) is 19.1. The van der Waals surface area contributed by atoms with Crippen LogP contribution < -0.4 is 0 Å². The van der Waals surface area contributed by atoms with Crippen molar-refractivity contribution in [2.45, 2.75) is 38.4 Å². The van der Waals surface area contributed by atoms with E-state index in [0.29, 0.717) is 0 Å². The molecule has 0 aromatic carbocycles. The lowest BCUT2D eigenvalue weighted by molar-refractivity contribution is -0.158. The second-order valence-electron chi connectivity index (χ2n) is 4.40. The Hall–Kier alpha value is -0.540. The lowest BCUT2D eigenvalue weighted by Crippen LogP contribution is -2.35. The Kier molecular flexibility index (Phi) is 5.45. The van der Waals surface area contributed by atoms with Crippen molar-refractivity contribution in [1.82, 2.24) is 0 Å². The molecule has 1 unspecified atom stereocenters. The molecule has 1 fully saturated rings. The third kappa shape index (κ3) is 4.81. The number of rotatable bonds is 5. The summed E-state index contributed by atoms with van der Waals surface area (Å²) in [7, 11) is -4.86. The van der Waals surface area contributed by atoms with E-state index in [4.69, 9.17) is 19.3 Å². The maximum Gasteiger partial charge on any atom is 0.472 e. The van der Waals surface area contributed by atoms with Gasteiger partial charge in [0, 0.05) is 0 Å². The number of aliphatic hydroxyl groups is 2. The van der Waals surface area contributed by atoms with Crippen molar-refractivity contribution in [2.75, 3.05) is 6.61 Å². The summed E-state index contributed by atoms with van der Waals surface area (Å²) >= 11 is 0. The molecule has 4 atom stereocenters. The van der Waals surface area contributed by atoms with Gasteiger partial charge in [-0.15, -0.1) is 0 Å². The van der Waals surface area contributed by atoms with Gasteiger partial charge in [0.15, 0.2) is 6.29 Å². The molecule has 1 saturated heterocycles. The standard InChI is InChI=1S/C9H17O9P/c1-4(2)8(12)16-3-5-6(10)7(11)9(17-5)18-19(13,14)15/h4-7,9-11H,3H2,1-2H3,(H2,13,14,15)/t5-,6?,7+,9-/m1/s1. The van der Waals surface area contributed by atoms with Gasteiger partial charge in [-0.05, 0) is 0 Å². The van der Waals surface area contributed by atoms with Crippen LogP contribution in [0.25, 0.3) is 0 Å². The predicted octanol–water partition coefficient (Wildman–Crippen LogP) is -1.26. The van der Waals surface area contributed by atoms with Gasteiger partial charge in [-0.25, -0.2) is 4.57 Å². The van der Waals surface area contributed by atoms with E-state index in [2.05, 4.69) is 4.52 Å². The molecule has 19 heavy (non-hydrogen) atoms. The van der Waals surface area contributed by atoms with Crippen LogP contribution in [0.3, 0.4) is 0 Å². The van der Waals surface area contributed by atoms with E-state index in [1.54, 1.807) is 13.8 Å². The van der Waals surface area contributed by atoms with Crippen LogP contribution >= 0.6 is 7.82 Å². The highest BCUT2D eigenvalue weighted by molar-refractivity contribution is 7.46. The van der Waals surface area contributed by atoms with E-state index in [0.717, 1.165) is 0 Å². The fourth-order valence-corrected chi connectivity index (χ4v) is 1.85. The Balaban J connectivity index is 2.54. The van der Waals surface area contributed by atoms with Crippen LogP contribution in [-0.4, -0.2) is 57.2 Å². The molecule has 0 spiro atoms. The first kappa shape index (κ1) is 16.5. The van der Waals surface area contributed by atoms with Gasteiger partial charge in [0.25, 0.3) is 0 Å². The number of hydrogen-bond donors (Lipinski definition) is 4. The number of carbonyl (C=O) groups excluding carboxylic acids is 1. The van der Waals surface area contributed by atoms with Crippen LogP contribution in [0.4, 0.5) is 0 Å². The van der Waals surface area contributed by atoms with Crippen molar-refractivity contribution in [1.29, 1.82) is 0 Å². The van der Waals surface area contributed by atoms with Gasteiger partial charge in [0.2, 0.25) is 0 Å². The van der Waals surface area contributed by atoms with E-state index in [1.165, 1.54) is 0 Å². The predicted molar refractivity (Wildman–Crippen MR) is 59.6 cm³/mol. The van der Waals surface area contributed by atoms with Crippen LogP contribution in [0, 0.1) is 5.92 Å². The van der Waals surface area contributed by atoms with Crippen molar-refractivity contribution in [3.8, 4) is 0 Å². The molecule has 0 aliphatic carbocycles. The number of phosphoric ester groups is 1. The highest BCUT2D eigenvalue weighted by atomic mass is 31.2. The van der Waals surface area contributed by atoms with E-state index < -0.39 is 38.4 Å². The largest absolute Gasteiger partial charge is 0.472 e. The Morgan fingerprint density at radius 1 is 1.32 bits per heavy atom. The van der Waals surface area contributed by atoms with E-state index in [9.17, 15) is 19.6 Å². The maximum atomic E-state index is 11.2. The lowest BCUT2D eigenvalue weighted by Gasteiger charge is -2.15. The molecule has 1 aliphatic heterocycles. The lowest BCUT2D eigenvalue weighted by atomic mass is 10.1. The minimum atomic E-state index is -4.86. The zero-order chi connectivity index (χ0) is 14.8. The SMILES string of the molecule is CC(C)C(=O)OC[C@H]1O[C@H](OP(=O)(O)O)[C@@H](O)C1O. The summed E-state index contributed by atoms with van der Waals surface area (Å²) in [4.78, 5) is 28.4. The number of phosphoric acid groups is 1. The molecule has 1 heterocycles. The Bertz CT molecular complexity index is 365. The first-order valence-corrected chi connectivity index (χ1v) is 7.07. The van der Waals surface area contributed by atoms with E-state index >= 15 is 0 Å². The zero-order valence-corrected chi connectivity index (χ0v) is 11.3. The summed E-state index contributed by atoms with van der Waals surface area (Å²) in [5.74, 6) is -0.893. The molecule has 0 radical (unpaired) electrons. The minimum absolute atomic E-state index is 0.351. The second-order valence-corrected chi connectivity index (χ2v) is 5.60. The Morgan fingerprint density at radius 3 is 2.37 bits per heavy atom. The molecule has 0 aromatic heterocycles. The summed E-state index contributed by atoms with van der Waals surface area (Å²) in [6.07, 6.45) is -5.92. The average Bonchev–Trinajstić information content (AvgIpc) is 2.52. The van der Waals surface area contributed by atoms with Gasteiger partial charge < -0.3 is 29.5 Å². The van der Waals surface area contributed by atoms with Crippen LogP contribution in [-0.2, 0) is 23.4 Å². The first-order chi connectivity index (χ1) is 8.61. The molecule has 0 saturated carbocycles. The molecule has 0 bridgehead atoms. The highest BCUT2D eigenvalue weighted by Gasteiger charge is 2.46. The zero-order valence-electron chi connectivity index (χ0n) is 10.4. The maximum absolute atomic E-state index is 11.2. The monoisotopic (exact) mass is 300 g/mol. The summed E-state index contributed by atoms with van der Waals surface area (Å²) < 4.78 is 24.5. The minimum Gasteiger partial charge on any atom is -0.463 e. The van der Waals surface area contributed by atoms with Crippen LogP contribution in [0.5, 0.6) is 0 Å². The van der Waals surface area contributed by atoms with Gasteiger partial charge in [-0.1, -0.05) is 13.8 Å². The van der Waals surface area contributed by atoms with Crippen molar-refractivity contribution in [2.24, 2.45) is 5.92 Å². The summed E-state index contributed by atoms with van der Waals surface area (Å²) in [6.45, 7) is 2.88. The highest BCUT2D eigenvalue weighted by Crippen LogP contribution is 2.41. The van der Waals surface area contributed by atoms with Crippen molar-refractivity contribution in [3.05, 3.63) is 0 Å². The fraction of sp³-hybridized carbons (Fsp3) is 0.889. The van der Waals surface area contributed by atoms with Crippen molar-refractivity contribution >= 4 is 13.8 Å². The Labute approximate surface area is 109 Å². The van der Waals surface area contributed by atoms with Gasteiger partial charge in [-0.3, -0.25) is 9.32 Å². The van der Waals surface area contributed by atoms with Gasteiger partial charge >= 0.3 is 13.8 Å². The summed E-state index contributed by atoms with van der Waals surface area (Å²) in [5.41, 5.74) is 0. The normalized spacial score (nSPS) is 31.7. The molecular weight excluding hydrogens is 283 g/mol. The molecule has 0 amide bonds. The fourth-order valence-electron chi connectivity index (χ4n) is 1.41. The Morgan fingerprint density at radius 2 is 1.89 bits per heavy atom. The van der Waals surface area contributed by atoms with Gasteiger partial charge in [0.1, 0.15) is 24.9 Å². The van der Waals surface area contributed by atoms with Gasteiger partial charge in [0.05, 0.1) is 5.92 Å². The molecular formula is C9H17O9P. The first-order valence-electron chi connectivity index (χ1n) is 5.54. The number of esters is 1. The van der Waals surface area contributed by atoms with Crippen molar-refractivity contribution in [3.63, 3.8) is 0 Å². The molecule has 1 rings (SSSR count). The molecule has 10 heteroatoms. The topological polar surface area (TPSA) is 143 Å². The smallest absolute Gasteiger partial charge is 0.463 e. The molecule has 1 aliphatic rings. The average molecular weight is 300 g/mol. The van der Waals surface area contributed by atoms with Crippen LogP contribution in [0.2, 0.25) is 0 Å². The van der Waals surface area contributed by atoms with Crippen LogP contribution in [0.15, 0.2) is 0 Å². The van der Waals surface area contributed by atoms with Gasteiger partial charge in [-0.2, -0.15) is 0 Å². The quantitative estimate of drug-likeness (QED) is 0.361. The molecule has 4 N–H and O–H groups in total. The van der Waals surface area contributed by atoms with Crippen molar-refractivity contribution < 1.29 is 43.4 Å². The number of carbonyl (C=O) groups is 1. The van der Waals surface area contributed by atoms with E-state index in [-0.39, 0.29) is 12.5 Å². The van der Waals surface area contributed by atoms with Crippen LogP contribution in [0.1, 0.15) is 13.8 Å². The summed E-state index contributed by atoms with van der Waals surface area (Å²) in [6, 6.07) is 0. The number of hydrogen-bond acceptors (Lipinski definition) is 7. The molecule has 112 valence electrons. The number of aliphatic hydroxyl groups excluding tert-OH is 2.